The number of aliphatic hydroxyl groups excluding tert-OH is 1. The third-order valence-corrected chi connectivity index (χ3v) is 2.78. The summed E-state index contributed by atoms with van der Waals surface area (Å²) < 4.78 is 0. The lowest BCUT2D eigenvalue weighted by Crippen LogP contribution is -2.33. The smallest absolute Gasteiger partial charge is 0.248 e. The molecule has 0 aliphatic carbocycles. The Morgan fingerprint density at radius 3 is 2.93 bits per heavy atom. The van der Waals surface area contributed by atoms with E-state index >= 15 is 0 Å². The Kier molecular flexibility index (Phi) is 2.65. The molecule has 0 saturated heterocycles. The van der Waals surface area contributed by atoms with Crippen LogP contribution in [-0.4, -0.2) is 24.2 Å². The maximum absolute atomic E-state index is 11.7. The molecular formula is C10H11ClN2O2. The fourth-order valence-corrected chi connectivity index (χ4v) is 2.08. The number of carbonyl (C=O) groups excluding carboxylic acids is 1. The third kappa shape index (κ3) is 1.51. The molecule has 2 rings (SSSR count). The summed E-state index contributed by atoms with van der Waals surface area (Å²) in [7, 11) is 0. The number of hydrogen-bond acceptors (Lipinski definition) is 3. The maximum atomic E-state index is 11.7. The number of nitrogens with zero attached hydrogens (tertiary/aromatic N) is 1. The maximum Gasteiger partial charge on any atom is 0.248 e. The molecule has 3 N–H and O–H groups in total. The molecule has 80 valence electrons. The molecule has 0 radical (unpaired) electrons. The second-order valence-corrected chi connectivity index (χ2v) is 3.78. The number of rotatable bonds is 2. The first-order chi connectivity index (χ1) is 7.16. The molecule has 1 aliphatic heterocycles. The number of fused-ring (bicyclic) bond motifs is 1. The summed E-state index contributed by atoms with van der Waals surface area (Å²) in [6.45, 7) is 0.117. The Hall–Kier alpha value is -1.10. The number of halogens is 1. The molecule has 1 amide bonds. The number of para-hydroxylation sites is 1. The molecule has 4 nitrogen and oxygen atoms in total. The van der Waals surface area contributed by atoms with Gasteiger partial charge in [-0.2, -0.15) is 0 Å². The number of hydrogen-bond donors (Lipinski definition) is 2. The van der Waals surface area contributed by atoms with Crippen LogP contribution in [0.25, 0.3) is 0 Å². The third-order valence-electron chi connectivity index (χ3n) is 2.48. The summed E-state index contributed by atoms with van der Waals surface area (Å²) in [5.41, 5.74) is 7.10. The molecule has 15 heavy (non-hydrogen) atoms. The van der Waals surface area contributed by atoms with E-state index in [1.807, 2.05) is 0 Å². The van der Waals surface area contributed by atoms with E-state index in [0.29, 0.717) is 10.7 Å². The number of aliphatic hydroxyl groups is 1. The lowest BCUT2D eigenvalue weighted by molar-refractivity contribution is -0.119. The Bertz CT molecular complexity index is 408. The molecule has 1 aromatic carbocycles. The van der Waals surface area contributed by atoms with E-state index in [1.54, 1.807) is 18.2 Å². The summed E-state index contributed by atoms with van der Waals surface area (Å²) in [4.78, 5) is 13.2. The van der Waals surface area contributed by atoms with Crippen molar-refractivity contribution in [1.29, 1.82) is 0 Å². The lowest BCUT2D eigenvalue weighted by atomic mass is 10.1. The molecule has 0 fully saturated rings. The summed E-state index contributed by atoms with van der Waals surface area (Å²) >= 11 is 6.00. The first kappa shape index (κ1) is 10.4. The molecule has 0 saturated carbocycles. The van der Waals surface area contributed by atoms with Crippen molar-refractivity contribution in [3.8, 4) is 0 Å². The van der Waals surface area contributed by atoms with Gasteiger partial charge in [-0.3, -0.25) is 4.79 Å². The summed E-state index contributed by atoms with van der Waals surface area (Å²) in [5, 5.41) is 9.36. The van der Waals surface area contributed by atoms with Crippen molar-refractivity contribution in [3.05, 3.63) is 28.8 Å². The minimum atomic E-state index is -0.662. The summed E-state index contributed by atoms with van der Waals surface area (Å²) in [6.07, 6.45) is 0. The van der Waals surface area contributed by atoms with Crippen LogP contribution < -0.4 is 10.6 Å². The summed E-state index contributed by atoms with van der Waals surface area (Å²) in [6, 6.07) is 4.58. The number of β-amino-alcohol motifs (C(OH)–C–C–N with tert-alkyl or cyclic N) is 1. The van der Waals surface area contributed by atoms with Gasteiger partial charge in [0.05, 0.1) is 17.3 Å². The van der Waals surface area contributed by atoms with E-state index in [-0.39, 0.29) is 19.1 Å². The van der Waals surface area contributed by atoms with E-state index in [4.69, 9.17) is 22.4 Å². The molecule has 0 bridgehead atoms. The highest BCUT2D eigenvalue weighted by molar-refractivity contribution is 6.34. The zero-order valence-electron chi connectivity index (χ0n) is 7.98. The van der Waals surface area contributed by atoms with Gasteiger partial charge in [0.25, 0.3) is 0 Å². The van der Waals surface area contributed by atoms with E-state index in [2.05, 4.69) is 0 Å². The fraction of sp³-hybridized carbons (Fsp3) is 0.300. The predicted molar refractivity (Wildman–Crippen MR) is 57.8 cm³/mol. The first-order valence-corrected chi connectivity index (χ1v) is 5.01. The number of carbonyl (C=O) groups is 1. The SMILES string of the molecule is NC1C(=O)N(CCO)c2c(Cl)cccc21. The highest BCUT2D eigenvalue weighted by Crippen LogP contribution is 2.39. The second-order valence-electron chi connectivity index (χ2n) is 3.37. The van der Waals surface area contributed by atoms with E-state index in [0.717, 1.165) is 5.56 Å². The number of amides is 1. The van der Waals surface area contributed by atoms with Crippen LogP contribution in [0, 0.1) is 0 Å². The van der Waals surface area contributed by atoms with Crippen LogP contribution in [0.1, 0.15) is 11.6 Å². The van der Waals surface area contributed by atoms with Crippen molar-refractivity contribution in [3.63, 3.8) is 0 Å². The molecule has 1 unspecified atom stereocenters. The zero-order valence-corrected chi connectivity index (χ0v) is 8.74. The van der Waals surface area contributed by atoms with Crippen molar-refractivity contribution in [2.24, 2.45) is 5.73 Å². The largest absolute Gasteiger partial charge is 0.395 e. The number of benzene rings is 1. The minimum Gasteiger partial charge on any atom is -0.395 e. The van der Waals surface area contributed by atoms with Crippen LogP contribution in [0.3, 0.4) is 0 Å². The topological polar surface area (TPSA) is 66.6 Å². The Morgan fingerprint density at radius 2 is 2.27 bits per heavy atom. The van der Waals surface area contributed by atoms with Crippen molar-refractivity contribution >= 4 is 23.2 Å². The molecule has 5 heteroatoms. The van der Waals surface area contributed by atoms with Gasteiger partial charge in [0.1, 0.15) is 6.04 Å². The van der Waals surface area contributed by atoms with Gasteiger partial charge < -0.3 is 15.7 Å². The molecule has 1 atom stereocenters. The van der Waals surface area contributed by atoms with E-state index in [1.165, 1.54) is 4.90 Å². The van der Waals surface area contributed by atoms with Gasteiger partial charge in [0.15, 0.2) is 0 Å². The van der Waals surface area contributed by atoms with Crippen molar-refractivity contribution in [2.75, 3.05) is 18.1 Å². The van der Waals surface area contributed by atoms with Crippen LogP contribution in [-0.2, 0) is 4.79 Å². The van der Waals surface area contributed by atoms with Crippen LogP contribution >= 0.6 is 11.6 Å². The van der Waals surface area contributed by atoms with Crippen LogP contribution in [0.2, 0.25) is 5.02 Å². The first-order valence-electron chi connectivity index (χ1n) is 4.63. The van der Waals surface area contributed by atoms with Crippen LogP contribution in [0.4, 0.5) is 5.69 Å². The van der Waals surface area contributed by atoms with Gasteiger partial charge in [-0.1, -0.05) is 23.7 Å². The summed E-state index contributed by atoms with van der Waals surface area (Å²) in [5.74, 6) is -0.216. The minimum absolute atomic E-state index is 0.108. The molecule has 0 aromatic heterocycles. The Morgan fingerprint density at radius 1 is 1.53 bits per heavy atom. The van der Waals surface area contributed by atoms with Crippen molar-refractivity contribution in [1.82, 2.24) is 0 Å². The molecule has 1 aromatic rings. The standard InChI is InChI=1S/C10H11ClN2O2/c11-7-3-1-2-6-8(12)10(15)13(4-5-14)9(6)7/h1-3,8,14H,4-5,12H2. The molecular weight excluding hydrogens is 216 g/mol. The van der Waals surface area contributed by atoms with Gasteiger partial charge in [-0.15, -0.1) is 0 Å². The lowest BCUT2D eigenvalue weighted by Gasteiger charge is -2.16. The highest BCUT2D eigenvalue weighted by Gasteiger charge is 2.35. The monoisotopic (exact) mass is 226 g/mol. The average molecular weight is 227 g/mol. The van der Waals surface area contributed by atoms with Gasteiger partial charge in [0, 0.05) is 12.1 Å². The van der Waals surface area contributed by atoms with Crippen LogP contribution in [0.15, 0.2) is 18.2 Å². The van der Waals surface area contributed by atoms with Crippen molar-refractivity contribution < 1.29 is 9.90 Å². The Balaban J connectivity index is 2.51. The predicted octanol–water partition coefficient (Wildman–Crippen LogP) is 0.679. The van der Waals surface area contributed by atoms with Crippen molar-refractivity contribution in [2.45, 2.75) is 6.04 Å². The van der Waals surface area contributed by atoms with Gasteiger partial charge >= 0.3 is 0 Å². The molecule has 1 aliphatic rings. The quantitative estimate of drug-likeness (QED) is 0.779. The Labute approximate surface area is 92.2 Å². The average Bonchev–Trinajstić information content (AvgIpc) is 2.46. The van der Waals surface area contributed by atoms with Gasteiger partial charge in [-0.25, -0.2) is 0 Å². The normalized spacial score (nSPS) is 19.5. The number of anilines is 1. The van der Waals surface area contributed by atoms with Crippen LogP contribution in [0.5, 0.6) is 0 Å². The number of nitrogens with two attached hydrogens (primary N) is 1. The van der Waals surface area contributed by atoms with Gasteiger partial charge in [0.2, 0.25) is 5.91 Å². The highest BCUT2D eigenvalue weighted by atomic mass is 35.5. The van der Waals surface area contributed by atoms with E-state index < -0.39 is 6.04 Å². The fourth-order valence-electron chi connectivity index (χ4n) is 1.80. The second kappa shape index (κ2) is 3.81. The van der Waals surface area contributed by atoms with E-state index in [9.17, 15) is 4.79 Å². The zero-order chi connectivity index (χ0) is 11.0. The van der Waals surface area contributed by atoms with Gasteiger partial charge in [-0.05, 0) is 6.07 Å². The molecule has 0 spiro atoms. The molecule has 1 heterocycles.